The van der Waals surface area contributed by atoms with Gasteiger partial charge in [0, 0.05) is 51.3 Å². The maximum Gasteiger partial charge on any atom is 0.379 e. The van der Waals surface area contributed by atoms with Gasteiger partial charge in [0.25, 0.3) is 5.91 Å². The Morgan fingerprint density at radius 1 is 0.745 bits per heavy atom. The Labute approximate surface area is 293 Å². The van der Waals surface area contributed by atoms with Crippen molar-refractivity contribution in [2.75, 3.05) is 13.2 Å². The molecule has 2 aromatic carbocycles. The Kier molecular flexibility index (Phi) is 13.9. The fourth-order valence-corrected chi connectivity index (χ4v) is 5.35. The number of esters is 6. The molecule has 1 N–H and O–H groups in total. The van der Waals surface area contributed by atoms with Crippen LogP contribution in [0.3, 0.4) is 0 Å². The van der Waals surface area contributed by atoms with Gasteiger partial charge in [-0.2, -0.15) is 0 Å². The third kappa shape index (κ3) is 10.9. The number of hydrogen-bond acceptors (Lipinski definition) is 15. The number of amides is 1. The Bertz CT molecular complexity index is 1620. The van der Waals surface area contributed by atoms with Crippen molar-refractivity contribution < 1.29 is 71.5 Å². The summed E-state index contributed by atoms with van der Waals surface area (Å²) in [7, 11) is 0. The van der Waals surface area contributed by atoms with Gasteiger partial charge in [-0.3, -0.25) is 33.6 Å². The standard InChI is InChI=1S/C35H39NO15/c1-7-45-34(44)35(50-23(6)41)17-27(47-20(3)38)29(32(51-35)31(49-22(5)40)28(48-21(4)39)18-46-19(2)37)36-33(43)26-15-13-25(14-16-26)30(42)24-11-9-8-10-12-24/h8-16,27-29,31-32H,7,17-18H2,1-6H3,(H,36,43)/t27-,28+,29+,31+,32+,35?/m0/s1. The van der Waals surface area contributed by atoms with E-state index < -0.39 is 91.0 Å². The molecule has 0 saturated carbocycles. The zero-order valence-corrected chi connectivity index (χ0v) is 28.8. The molecule has 1 saturated heterocycles. The number of carbonyl (C=O) groups excluding carboxylic acids is 8. The average Bonchev–Trinajstić information content (AvgIpc) is 3.06. The molecule has 1 fully saturated rings. The van der Waals surface area contributed by atoms with Gasteiger partial charge in [0.15, 0.2) is 18.0 Å². The van der Waals surface area contributed by atoms with Gasteiger partial charge in [-0.15, -0.1) is 0 Å². The van der Waals surface area contributed by atoms with E-state index in [2.05, 4.69) is 5.32 Å². The van der Waals surface area contributed by atoms with Crippen LogP contribution < -0.4 is 5.32 Å². The van der Waals surface area contributed by atoms with Crippen molar-refractivity contribution in [2.24, 2.45) is 0 Å². The van der Waals surface area contributed by atoms with Gasteiger partial charge < -0.3 is 38.5 Å². The van der Waals surface area contributed by atoms with Crippen molar-refractivity contribution in [3.8, 4) is 0 Å². The molecule has 1 aliphatic rings. The van der Waals surface area contributed by atoms with Gasteiger partial charge in [0.1, 0.15) is 18.8 Å². The molecule has 0 aliphatic carbocycles. The topological polar surface area (TPSA) is 213 Å². The molecule has 1 amide bonds. The first-order chi connectivity index (χ1) is 24.1. The summed E-state index contributed by atoms with van der Waals surface area (Å²) in [4.78, 5) is 101. The summed E-state index contributed by atoms with van der Waals surface area (Å²) >= 11 is 0. The molecule has 2 aromatic rings. The van der Waals surface area contributed by atoms with Crippen LogP contribution in [0.2, 0.25) is 0 Å². The van der Waals surface area contributed by atoms with Crippen molar-refractivity contribution in [3.05, 3.63) is 71.3 Å². The van der Waals surface area contributed by atoms with Crippen LogP contribution in [0.15, 0.2) is 54.6 Å². The molecule has 16 nitrogen and oxygen atoms in total. The molecule has 0 bridgehead atoms. The van der Waals surface area contributed by atoms with Gasteiger partial charge in [-0.1, -0.05) is 42.5 Å². The molecule has 274 valence electrons. The predicted molar refractivity (Wildman–Crippen MR) is 171 cm³/mol. The molecule has 1 heterocycles. The van der Waals surface area contributed by atoms with Gasteiger partial charge in [-0.05, 0) is 19.1 Å². The molecule has 51 heavy (non-hydrogen) atoms. The smallest absolute Gasteiger partial charge is 0.379 e. The molecule has 1 aliphatic heterocycles. The van der Waals surface area contributed by atoms with Crippen molar-refractivity contribution in [1.29, 1.82) is 0 Å². The SMILES string of the molecule is CCOC(=O)C1(OC(C)=O)C[C@H](OC(C)=O)[C@@H](NC(=O)c2ccc(C(=O)c3ccccc3)cc2)[C@H]([C@H](OC(C)=O)[C@@H](COC(C)=O)OC(C)=O)O1. The Morgan fingerprint density at radius 3 is 1.86 bits per heavy atom. The fourth-order valence-electron chi connectivity index (χ4n) is 5.35. The second-order valence-corrected chi connectivity index (χ2v) is 11.3. The zero-order valence-electron chi connectivity index (χ0n) is 28.8. The van der Waals surface area contributed by atoms with E-state index in [1.54, 1.807) is 30.3 Å². The summed E-state index contributed by atoms with van der Waals surface area (Å²) in [5, 5.41) is 2.65. The third-order valence-corrected chi connectivity index (χ3v) is 7.27. The van der Waals surface area contributed by atoms with Gasteiger partial charge in [0.05, 0.1) is 19.1 Å². The van der Waals surface area contributed by atoms with Crippen LogP contribution in [-0.4, -0.2) is 97.0 Å². The number of carbonyl (C=O) groups is 8. The maximum absolute atomic E-state index is 13.8. The summed E-state index contributed by atoms with van der Waals surface area (Å²) in [5.74, 6) is -9.63. The molecule has 0 spiro atoms. The number of hydrogen-bond donors (Lipinski definition) is 1. The van der Waals surface area contributed by atoms with E-state index in [0.29, 0.717) is 5.56 Å². The molecular formula is C35H39NO15. The lowest BCUT2D eigenvalue weighted by Gasteiger charge is -2.48. The second-order valence-electron chi connectivity index (χ2n) is 11.3. The average molecular weight is 714 g/mol. The minimum Gasteiger partial charge on any atom is -0.462 e. The lowest BCUT2D eigenvalue weighted by atomic mass is 9.87. The number of nitrogens with one attached hydrogen (secondary N) is 1. The minimum atomic E-state index is -2.64. The number of rotatable bonds is 14. The lowest BCUT2D eigenvalue weighted by molar-refractivity contribution is -0.304. The monoisotopic (exact) mass is 713 g/mol. The molecule has 0 aromatic heterocycles. The highest BCUT2D eigenvalue weighted by molar-refractivity contribution is 6.09. The van der Waals surface area contributed by atoms with Crippen molar-refractivity contribution >= 4 is 47.5 Å². The van der Waals surface area contributed by atoms with Gasteiger partial charge in [-0.25, -0.2) is 4.79 Å². The van der Waals surface area contributed by atoms with Crippen LogP contribution in [0.4, 0.5) is 0 Å². The van der Waals surface area contributed by atoms with Crippen molar-refractivity contribution in [3.63, 3.8) is 0 Å². The van der Waals surface area contributed by atoms with Gasteiger partial charge >= 0.3 is 41.6 Å². The highest BCUT2D eigenvalue weighted by Gasteiger charge is 2.60. The Hall–Kier alpha value is -5.64. The second kappa shape index (κ2) is 17.8. The van der Waals surface area contributed by atoms with Crippen molar-refractivity contribution in [2.45, 2.75) is 84.2 Å². The van der Waals surface area contributed by atoms with E-state index in [0.717, 1.165) is 34.6 Å². The minimum absolute atomic E-state index is 0.0163. The van der Waals surface area contributed by atoms with E-state index in [9.17, 15) is 38.4 Å². The highest BCUT2D eigenvalue weighted by Crippen LogP contribution is 2.37. The van der Waals surface area contributed by atoms with E-state index in [1.165, 1.54) is 31.2 Å². The molecule has 3 rings (SSSR count). The van der Waals surface area contributed by atoms with E-state index in [1.807, 2.05) is 0 Å². The molecule has 6 atom stereocenters. The maximum atomic E-state index is 13.8. The summed E-state index contributed by atoms with van der Waals surface area (Å²) < 4.78 is 38.1. The Balaban J connectivity index is 2.17. The van der Waals surface area contributed by atoms with E-state index >= 15 is 0 Å². The Morgan fingerprint density at radius 2 is 1.33 bits per heavy atom. The fraction of sp³-hybridized carbons (Fsp3) is 0.429. The number of ether oxygens (including phenoxy) is 7. The number of benzene rings is 2. The molecule has 1 unspecified atom stereocenters. The largest absolute Gasteiger partial charge is 0.462 e. The summed E-state index contributed by atoms with van der Waals surface area (Å²) in [6, 6.07) is 12.5. The van der Waals surface area contributed by atoms with Crippen LogP contribution in [0.25, 0.3) is 0 Å². The van der Waals surface area contributed by atoms with Crippen LogP contribution in [0.1, 0.15) is 74.2 Å². The first kappa shape index (κ1) is 39.8. The van der Waals surface area contributed by atoms with Gasteiger partial charge in [0.2, 0.25) is 0 Å². The lowest BCUT2D eigenvalue weighted by Crippen LogP contribution is -2.69. The van der Waals surface area contributed by atoms with Crippen LogP contribution in [0.5, 0.6) is 0 Å². The predicted octanol–water partition coefficient (Wildman–Crippen LogP) is 1.99. The summed E-state index contributed by atoms with van der Waals surface area (Å²) in [6.45, 7) is 5.61. The number of ketones is 1. The summed E-state index contributed by atoms with van der Waals surface area (Å²) in [5.41, 5.74) is 0.717. The van der Waals surface area contributed by atoms with E-state index in [-0.39, 0.29) is 23.5 Å². The molecule has 0 radical (unpaired) electrons. The first-order valence-electron chi connectivity index (χ1n) is 15.8. The quantitative estimate of drug-likeness (QED) is 0.168. The normalized spacial score (nSPS) is 20.7. The highest BCUT2D eigenvalue weighted by atomic mass is 16.8. The first-order valence-corrected chi connectivity index (χ1v) is 15.8. The zero-order chi connectivity index (χ0) is 37.9. The van der Waals surface area contributed by atoms with Crippen LogP contribution in [-0.2, 0) is 61.9 Å². The van der Waals surface area contributed by atoms with Crippen molar-refractivity contribution in [1.82, 2.24) is 5.32 Å². The van der Waals surface area contributed by atoms with Crippen LogP contribution >= 0.6 is 0 Å². The molecular weight excluding hydrogens is 674 g/mol. The molecule has 16 heteroatoms. The van der Waals surface area contributed by atoms with Crippen LogP contribution in [0, 0.1) is 0 Å². The third-order valence-electron chi connectivity index (χ3n) is 7.27. The van der Waals surface area contributed by atoms with E-state index in [4.69, 9.17) is 33.2 Å². The summed E-state index contributed by atoms with van der Waals surface area (Å²) in [6.07, 6.45) is -7.57.